The maximum Gasteiger partial charge on any atom is 0.250 e. The van der Waals surface area contributed by atoms with Gasteiger partial charge in [0.15, 0.2) is 0 Å². The molecule has 0 radical (unpaired) electrons. The van der Waals surface area contributed by atoms with E-state index in [1.807, 2.05) is 44.2 Å². The van der Waals surface area contributed by atoms with Crippen molar-refractivity contribution in [3.05, 3.63) is 47.2 Å². The zero-order chi connectivity index (χ0) is 17.7. The van der Waals surface area contributed by atoms with Gasteiger partial charge in [0, 0.05) is 12.0 Å². The zero-order valence-electron chi connectivity index (χ0n) is 15.5. The first kappa shape index (κ1) is 19.5. The van der Waals surface area contributed by atoms with E-state index in [1.165, 1.54) is 0 Å². The maximum absolute atomic E-state index is 10.3. The lowest BCUT2D eigenvalue weighted by Crippen LogP contribution is -2.40. The third-order valence-electron chi connectivity index (χ3n) is 4.28. The summed E-state index contributed by atoms with van der Waals surface area (Å²) in [5.74, 6) is 6.81. The van der Waals surface area contributed by atoms with Crippen LogP contribution in [0, 0.1) is 11.8 Å². The summed E-state index contributed by atoms with van der Waals surface area (Å²) in [4.78, 5) is 0. The SMILES string of the molecule is CC(C)=C(CC(O)C#Cc1ccccc1)O[Si](C)(C)C(C)(C)C. The van der Waals surface area contributed by atoms with Crippen molar-refractivity contribution in [2.24, 2.45) is 0 Å². The molecule has 1 N–H and O–H groups in total. The molecule has 0 saturated carbocycles. The zero-order valence-corrected chi connectivity index (χ0v) is 16.5. The van der Waals surface area contributed by atoms with Gasteiger partial charge in [-0.3, -0.25) is 0 Å². The summed E-state index contributed by atoms with van der Waals surface area (Å²) >= 11 is 0. The third kappa shape index (κ3) is 6.25. The highest BCUT2D eigenvalue weighted by Gasteiger charge is 2.39. The molecule has 2 nitrogen and oxygen atoms in total. The molecule has 1 aromatic carbocycles. The van der Waals surface area contributed by atoms with Gasteiger partial charge < -0.3 is 9.53 Å². The number of aliphatic hydroxyl groups is 1. The van der Waals surface area contributed by atoms with Gasteiger partial charge in [-0.2, -0.15) is 0 Å². The topological polar surface area (TPSA) is 29.5 Å². The average molecular weight is 331 g/mol. The molecule has 0 aliphatic heterocycles. The first-order chi connectivity index (χ1) is 10.5. The van der Waals surface area contributed by atoms with E-state index in [1.54, 1.807) is 0 Å². The molecule has 0 aromatic heterocycles. The molecular formula is C20H30O2Si. The van der Waals surface area contributed by atoms with Crippen LogP contribution in [-0.2, 0) is 4.43 Å². The van der Waals surface area contributed by atoms with Crippen LogP contribution in [0.5, 0.6) is 0 Å². The summed E-state index contributed by atoms with van der Waals surface area (Å²) < 4.78 is 6.38. The summed E-state index contributed by atoms with van der Waals surface area (Å²) in [7, 11) is -1.90. The van der Waals surface area contributed by atoms with Crippen molar-refractivity contribution >= 4 is 8.32 Å². The van der Waals surface area contributed by atoms with E-state index >= 15 is 0 Å². The normalized spacial score (nSPS) is 12.9. The van der Waals surface area contributed by atoms with E-state index in [9.17, 15) is 5.11 Å². The molecule has 0 heterocycles. The quantitative estimate of drug-likeness (QED) is 0.472. The number of benzene rings is 1. The Bertz CT molecular complexity index is 594. The molecule has 1 aromatic rings. The molecule has 0 bridgehead atoms. The van der Waals surface area contributed by atoms with Crippen molar-refractivity contribution in [3.63, 3.8) is 0 Å². The summed E-state index contributed by atoms with van der Waals surface area (Å²) in [6.07, 6.45) is -0.279. The van der Waals surface area contributed by atoms with Crippen LogP contribution in [-0.4, -0.2) is 19.5 Å². The summed E-state index contributed by atoms with van der Waals surface area (Å²) in [6, 6.07) is 9.72. The minimum absolute atomic E-state index is 0.133. The standard InChI is InChI=1S/C20H30O2Si/c1-16(2)19(22-23(6,7)20(3,4)5)15-18(21)14-13-17-11-9-8-10-12-17/h8-12,18,21H,15H2,1-7H3. The lowest BCUT2D eigenvalue weighted by atomic mass is 10.1. The first-order valence-electron chi connectivity index (χ1n) is 8.13. The van der Waals surface area contributed by atoms with Gasteiger partial charge in [0.1, 0.15) is 6.10 Å². The minimum Gasteiger partial charge on any atom is -0.546 e. The third-order valence-corrected chi connectivity index (χ3v) is 8.65. The molecule has 0 saturated heterocycles. The Morgan fingerprint density at radius 3 is 2.22 bits per heavy atom. The average Bonchev–Trinajstić information content (AvgIpc) is 2.44. The van der Waals surface area contributed by atoms with Gasteiger partial charge in [0.2, 0.25) is 8.32 Å². The molecule has 3 heteroatoms. The highest BCUT2D eigenvalue weighted by atomic mass is 28.4. The van der Waals surface area contributed by atoms with Crippen LogP contribution in [0.25, 0.3) is 0 Å². The summed E-state index contributed by atoms with van der Waals surface area (Å²) in [5, 5.41) is 10.4. The predicted octanol–water partition coefficient (Wildman–Crippen LogP) is 5.10. The van der Waals surface area contributed by atoms with Gasteiger partial charge in [-0.25, -0.2) is 0 Å². The Balaban J connectivity index is 2.83. The van der Waals surface area contributed by atoms with Crippen molar-refractivity contribution in [2.75, 3.05) is 0 Å². The van der Waals surface area contributed by atoms with Crippen LogP contribution in [0.4, 0.5) is 0 Å². The number of rotatable bonds is 4. The molecule has 0 spiro atoms. The molecule has 1 atom stereocenters. The summed E-state index contributed by atoms with van der Waals surface area (Å²) in [6.45, 7) is 15.1. The van der Waals surface area contributed by atoms with Crippen molar-refractivity contribution in [2.45, 2.75) is 65.3 Å². The molecule has 0 aliphatic carbocycles. The second-order valence-corrected chi connectivity index (χ2v) is 12.4. The number of aliphatic hydroxyl groups excluding tert-OH is 1. The highest BCUT2D eigenvalue weighted by Crippen LogP contribution is 2.38. The van der Waals surface area contributed by atoms with Crippen LogP contribution in [0.15, 0.2) is 41.7 Å². The molecular weight excluding hydrogens is 300 g/mol. The number of allylic oxidation sites excluding steroid dienone is 1. The highest BCUT2D eigenvalue weighted by molar-refractivity contribution is 6.74. The molecule has 0 aliphatic rings. The van der Waals surface area contributed by atoms with Crippen LogP contribution >= 0.6 is 0 Å². The van der Waals surface area contributed by atoms with E-state index < -0.39 is 14.4 Å². The largest absolute Gasteiger partial charge is 0.546 e. The van der Waals surface area contributed by atoms with Crippen molar-refractivity contribution in [1.82, 2.24) is 0 Å². The fourth-order valence-corrected chi connectivity index (χ4v) is 2.93. The molecule has 126 valence electrons. The fourth-order valence-electron chi connectivity index (χ4n) is 1.72. The van der Waals surface area contributed by atoms with E-state index in [0.29, 0.717) is 6.42 Å². The number of hydrogen-bond acceptors (Lipinski definition) is 2. The summed E-state index contributed by atoms with van der Waals surface area (Å²) in [5.41, 5.74) is 2.02. The van der Waals surface area contributed by atoms with Gasteiger partial charge >= 0.3 is 0 Å². The van der Waals surface area contributed by atoms with E-state index in [-0.39, 0.29) is 5.04 Å². The molecule has 23 heavy (non-hydrogen) atoms. The van der Waals surface area contributed by atoms with E-state index in [2.05, 4.69) is 45.7 Å². The van der Waals surface area contributed by atoms with Gasteiger partial charge in [0.25, 0.3) is 0 Å². The lowest BCUT2D eigenvalue weighted by molar-refractivity contribution is 0.210. The second kappa shape index (κ2) is 7.85. The van der Waals surface area contributed by atoms with Gasteiger partial charge in [-0.05, 0) is 49.7 Å². The van der Waals surface area contributed by atoms with Crippen LogP contribution in [0.1, 0.15) is 46.6 Å². The van der Waals surface area contributed by atoms with Crippen LogP contribution in [0.2, 0.25) is 18.1 Å². The van der Waals surface area contributed by atoms with Crippen LogP contribution < -0.4 is 0 Å². The monoisotopic (exact) mass is 330 g/mol. The Kier molecular flexibility index (Phi) is 6.67. The van der Waals surface area contributed by atoms with Crippen LogP contribution in [0.3, 0.4) is 0 Å². The van der Waals surface area contributed by atoms with Crippen molar-refractivity contribution in [1.29, 1.82) is 0 Å². The lowest BCUT2D eigenvalue weighted by Gasteiger charge is -2.38. The molecule has 1 unspecified atom stereocenters. The Morgan fingerprint density at radius 1 is 1.17 bits per heavy atom. The Labute approximate surface area is 142 Å². The van der Waals surface area contributed by atoms with Crippen molar-refractivity contribution < 1.29 is 9.53 Å². The Hall–Kier alpha value is -1.50. The second-order valence-electron chi connectivity index (χ2n) is 7.64. The predicted molar refractivity (Wildman–Crippen MR) is 101 cm³/mol. The van der Waals surface area contributed by atoms with E-state index in [4.69, 9.17) is 4.43 Å². The fraction of sp³-hybridized carbons (Fsp3) is 0.500. The van der Waals surface area contributed by atoms with Gasteiger partial charge in [-0.1, -0.05) is 50.8 Å². The number of hydrogen-bond donors (Lipinski definition) is 1. The smallest absolute Gasteiger partial charge is 0.250 e. The molecule has 0 amide bonds. The Morgan fingerprint density at radius 2 is 1.74 bits per heavy atom. The van der Waals surface area contributed by atoms with Gasteiger partial charge in [0.05, 0.1) is 5.76 Å². The maximum atomic E-state index is 10.3. The minimum atomic E-state index is -1.90. The molecule has 0 fully saturated rings. The van der Waals surface area contributed by atoms with Crippen molar-refractivity contribution in [3.8, 4) is 11.8 Å². The van der Waals surface area contributed by atoms with E-state index in [0.717, 1.165) is 16.9 Å². The first-order valence-corrected chi connectivity index (χ1v) is 11.0. The van der Waals surface area contributed by atoms with Gasteiger partial charge in [-0.15, -0.1) is 0 Å². The molecule has 1 rings (SSSR count).